The Bertz CT molecular complexity index is 2970. The molecule has 0 heterocycles. The van der Waals surface area contributed by atoms with E-state index in [1.807, 2.05) is 165 Å². The minimum atomic E-state index is -1.02. The molecule has 0 bridgehead atoms. The van der Waals surface area contributed by atoms with Crippen LogP contribution in [0.15, 0.2) is 86.0 Å². The number of carbonyl (C=O) groups excluding carboxylic acids is 7. The van der Waals surface area contributed by atoms with Gasteiger partial charge in [-0.2, -0.15) is 5.26 Å². The second-order valence-electron chi connectivity index (χ2n) is 29.8. The molecule has 0 aromatic heterocycles. The highest BCUT2D eigenvalue weighted by Gasteiger charge is 2.29. The quantitative estimate of drug-likeness (QED) is 0.0118. The monoisotopic (exact) mass is 1660 g/mol. The fraction of sp³-hybridized carbons (Fsp3) is 0.681. The number of carboxylic acids is 3. The van der Waals surface area contributed by atoms with Gasteiger partial charge in [0.05, 0.1) is 97.5 Å². The molecule has 26 nitrogen and oxygen atoms in total. The summed E-state index contributed by atoms with van der Waals surface area (Å²) in [5, 5.41) is 61.4. The van der Waals surface area contributed by atoms with Gasteiger partial charge in [0, 0.05) is 11.5 Å². The van der Waals surface area contributed by atoms with Crippen LogP contribution in [0.5, 0.6) is 0 Å². The number of hydrogen-bond donors (Lipinski definition) is 6. The lowest BCUT2D eigenvalue weighted by atomic mass is 9.91. The molecule has 0 amide bonds. The van der Waals surface area contributed by atoms with Crippen LogP contribution in [-0.2, 0) is 104 Å². The largest absolute Gasteiger partial charge is 0.481 e. The van der Waals surface area contributed by atoms with Gasteiger partial charge in [0.2, 0.25) is 0 Å². The molecule has 10 atom stereocenters. The van der Waals surface area contributed by atoms with Crippen LogP contribution in [-0.4, -0.2) is 168 Å². The van der Waals surface area contributed by atoms with Crippen molar-refractivity contribution in [2.45, 2.75) is 289 Å². The van der Waals surface area contributed by atoms with Gasteiger partial charge in [-0.25, -0.2) is 4.79 Å². The van der Waals surface area contributed by atoms with Gasteiger partial charge in [-0.15, -0.1) is 6.58 Å². The Labute approximate surface area is 703 Å². The number of carbonyl (C=O) groups is 10. The summed E-state index contributed by atoms with van der Waals surface area (Å²) < 4.78 is 45.0. The third-order valence-electron chi connectivity index (χ3n) is 17.9. The van der Waals surface area contributed by atoms with Gasteiger partial charge in [-0.1, -0.05) is 204 Å². The van der Waals surface area contributed by atoms with Crippen molar-refractivity contribution in [3.05, 3.63) is 103 Å². The van der Waals surface area contributed by atoms with E-state index in [4.69, 9.17) is 63.2 Å². The number of benzene rings is 2. The molecule has 0 aliphatic carbocycles. The summed E-state index contributed by atoms with van der Waals surface area (Å²) in [5.74, 6) is -4.17. The summed E-state index contributed by atoms with van der Waals surface area (Å²) in [6, 6.07) is 19.6. The molecule has 2 aromatic rings. The van der Waals surface area contributed by atoms with E-state index in [1.54, 1.807) is 67.5 Å². The zero-order valence-electron chi connectivity index (χ0n) is 76.4. The summed E-state index contributed by atoms with van der Waals surface area (Å²) in [5.41, 5.74) is 1.85. The van der Waals surface area contributed by atoms with E-state index in [-0.39, 0.29) is 128 Å². The van der Waals surface area contributed by atoms with Crippen molar-refractivity contribution in [2.24, 2.45) is 57.7 Å². The van der Waals surface area contributed by atoms with Gasteiger partial charge in [0.25, 0.3) is 0 Å². The van der Waals surface area contributed by atoms with Crippen LogP contribution in [0.1, 0.15) is 274 Å². The number of unbranched alkanes of at least 4 members (excludes halogenated alkanes) is 1. The lowest BCUT2D eigenvalue weighted by molar-refractivity contribution is -0.159. The van der Waals surface area contributed by atoms with Crippen molar-refractivity contribution in [1.82, 2.24) is 0 Å². The number of esters is 7. The van der Waals surface area contributed by atoms with Gasteiger partial charge in [0.1, 0.15) is 51.3 Å². The van der Waals surface area contributed by atoms with Crippen molar-refractivity contribution in [2.75, 3.05) is 59.5 Å². The molecular formula is C91H157NO25. The number of carboxylic acid groups (broad SMARTS) is 3. The fourth-order valence-corrected chi connectivity index (χ4v) is 6.01. The third kappa shape index (κ3) is 74.9. The van der Waals surface area contributed by atoms with E-state index >= 15 is 0 Å². The van der Waals surface area contributed by atoms with Crippen molar-refractivity contribution >= 4 is 65.8 Å². The van der Waals surface area contributed by atoms with E-state index in [2.05, 4.69) is 32.7 Å². The Hall–Kier alpha value is -8.35. The van der Waals surface area contributed by atoms with Crippen molar-refractivity contribution in [3.8, 4) is 6.07 Å². The Balaban J connectivity index is -0.000000193. The molecule has 676 valence electrons. The van der Waals surface area contributed by atoms with Crippen LogP contribution in [0.4, 0.5) is 0 Å². The molecule has 0 aliphatic heterocycles. The first-order valence-electron chi connectivity index (χ1n) is 41.0. The van der Waals surface area contributed by atoms with E-state index in [0.29, 0.717) is 45.9 Å². The van der Waals surface area contributed by atoms with Gasteiger partial charge in [-0.3, -0.25) is 43.2 Å². The zero-order valence-corrected chi connectivity index (χ0v) is 76.4. The van der Waals surface area contributed by atoms with Crippen LogP contribution in [0.3, 0.4) is 0 Å². The minimum Gasteiger partial charge on any atom is -0.481 e. The summed E-state index contributed by atoms with van der Waals surface area (Å²) in [6.45, 7) is 60.8. The number of aliphatic hydroxyl groups is 3. The standard InChI is InChI=1S/C17H24O4.C13H22O5.C13H18O2.C11H20O4.C9H18O2.C7H14O2.C6H12O2.C5H9N.2C5H10O2/c1-4-13(3)17(19)21-12-16(18)11-20-10-15-8-6-14(5-2)7-9-15;1-6-13(4,5)12(16)18-8-10(14)7-17-11(15)9(2)3;1-4-13(2,3)12(14)15-10-11-8-6-5-7-9-11;1-4-6-14-7-10(12)8-15-11(13)9(3)5-2;1-4-6-7-11-9(10)8(3)5-2;1-4-6(3)7(8)9-5-2;1-4-6(2,3)5(7)8;1-3-5(2)4-6;2*1-3-4(2)5(6)7/h5-9,13,16,18H,2,4,10-12H2,1,3H3;10,14H,2,6-8H2,1,3-5H3;5-9H,4,10H2,1-3H3;4,9-10,12H,1,5-8H2,2-3H3;8H,4-7H2,1-3H3;6H,4-5H2,1-3H3;4H2,1-3H3,(H,7,8);5H,3H2,1-2H3;2*4H,3H2,1-2H3,(H,6,7). The lowest BCUT2D eigenvalue weighted by Crippen LogP contribution is -2.31. The average molecular weight is 1670 g/mol. The van der Waals surface area contributed by atoms with Crippen LogP contribution in [0.25, 0.3) is 6.08 Å². The molecule has 2 aromatic carbocycles. The second kappa shape index (κ2) is 77.6. The highest BCUT2D eigenvalue weighted by atomic mass is 16.6. The Morgan fingerprint density at radius 1 is 0.444 bits per heavy atom. The van der Waals surface area contributed by atoms with Gasteiger partial charge < -0.3 is 73.3 Å². The molecule has 0 fully saturated rings. The maximum Gasteiger partial charge on any atom is 0.333 e. The molecular weight excluding hydrogens is 1510 g/mol. The Morgan fingerprint density at radius 2 is 0.803 bits per heavy atom. The van der Waals surface area contributed by atoms with E-state index in [9.17, 15) is 63.3 Å². The first kappa shape index (κ1) is 124. The summed E-state index contributed by atoms with van der Waals surface area (Å²) >= 11 is 0. The third-order valence-corrected chi connectivity index (χ3v) is 17.9. The molecule has 2 rings (SSSR count). The highest BCUT2D eigenvalue weighted by molar-refractivity contribution is 5.87. The van der Waals surface area contributed by atoms with Gasteiger partial charge >= 0.3 is 59.7 Å². The summed E-state index contributed by atoms with van der Waals surface area (Å²) in [7, 11) is 0. The smallest absolute Gasteiger partial charge is 0.333 e. The number of nitriles is 1. The van der Waals surface area contributed by atoms with Gasteiger partial charge in [-0.05, 0) is 150 Å². The van der Waals surface area contributed by atoms with Crippen molar-refractivity contribution in [1.29, 1.82) is 5.26 Å². The normalized spacial score (nSPS) is 12.9. The van der Waals surface area contributed by atoms with Crippen molar-refractivity contribution in [3.63, 3.8) is 0 Å². The number of hydrogen-bond acceptors (Lipinski definition) is 23. The number of aliphatic carboxylic acids is 3. The highest BCUT2D eigenvalue weighted by Crippen LogP contribution is 2.23. The molecule has 6 N–H and O–H groups in total. The first-order chi connectivity index (χ1) is 54.5. The lowest BCUT2D eigenvalue weighted by Gasteiger charge is -2.21. The SMILES string of the molecule is C=C(C)C(=O)OCC(O)COC(=O)C(C)(C)CC.C=CCOCC(O)COC(=O)C(C)CC.C=Cc1ccc(COCC(O)COC(=O)C(C)CC)cc1.CCC(C)(C)C(=O)O.CCC(C)(C)C(=O)OCc1ccccc1.CCC(C)C#N.CCC(C)C(=O)O.CCC(C)C(=O)O.CCCCOC(=O)C(C)CC.CCOC(=O)C(C)CC. The molecule has 117 heavy (non-hydrogen) atoms. The van der Waals surface area contributed by atoms with E-state index in [1.165, 1.54) is 6.92 Å². The number of rotatable bonds is 43. The molecule has 0 saturated carbocycles. The molecule has 10 unspecified atom stereocenters. The minimum absolute atomic E-state index is 0.0136. The predicted molar refractivity (Wildman–Crippen MR) is 460 cm³/mol. The van der Waals surface area contributed by atoms with Crippen LogP contribution >= 0.6 is 0 Å². The van der Waals surface area contributed by atoms with Crippen LogP contribution in [0, 0.1) is 69.0 Å². The van der Waals surface area contributed by atoms with E-state index in [0.717, 1.165) is 80.9 Å². The second-order valence-corrected chi connectivity index (χ2v) is 29.8. The molecule has 0 aliphatic rings. The predicted octanol–water partition coefficient (Wildman–Crippen LogP) is 17.8. The Kier molecular flexibility index (Phi) is 82.4. The molecule has 0 radical (unpaired) electrons. The number of aliphatic hydroxyl groups excluding tert-OH is 3. The van der Waals surface area contributed by atoms with E-state index < -0.39 is 53.0 Å². The van der Waals surface area contributed by atoms with Crippen LogP contribution < -0.4 is 0 Å². The molecule has 0 saturated heterocycles. The Morgan fingerprint density at radius 3 is 1.11 bits per heavy atom. The number of ether oxygens (including phenoxy) is 9. The summed E-state index contributed by atoms with van der Waals surface area (Å²) in [6.07, 6.45) is 10.6. The molecule has 0 spiro atoms. The summed E-state index contributed by atoms with van der Waals surface area (Å²) in [4.78, 5) is 109. The zero-order chi connectivity index (χ0) is 92.5. The number of nitrogens with zero attached hydrogens (tertiary/aromatic N) is 1. The maximum absolute atomic E-state index is 11.6. The first-order valence-corrected chi connectivity index (χ1v) is 41.0. The van der Waals surface area contributed by atoms with Crippen LogP contribution in [0.2, 0.25) is 0 Å². The van der Waals surface area contributed by atoms with Gasteiger partial charge in [0.15, 0.2) is 0 Å². The topological polar surface area (TPSA) is 399 Å². The molecule has 26 heteroatoms. The van der Waals surface area contributed by atoms with Crippen molar-refractivity contribution < 1.29 is 121 Å². The average Bonchev–Trinajstić information content (AvgIpc) is 0.906. The maximum atomic E-state index is 11.6. The fourth-order valence-electron chi connectivity index (χ4n) is 6.01.